The van der Waals surface area contributed by atoms with Gasteiger partial charge in [0.15, 0.2) is 5.76 Å². The van der Waals surface area contributed by atoms with Crippen molar-refractivity contribution in [3.8, 4) is 5.69 Å². The SMILES string of the molecule is Cc1nn(-c2ccccc2)c(Cl)c1C(=O)NNC(=O)c1ccco1. The van der Waals surface area contributed by atoms with Gasteiger partial charge in [0.2, 0.25) is 0 Å². The maximum Gasteiger partial charge on any atom is 0.305 e. The highest BCUT2D eigenvalue weighted by Crippen LogP contribution is 2.23. The third-order valence-electron chi connectivity index (χ3n) is 3.27. The second kappa shape index (κ2) is 6.59. The average Bonchev–Trinajstić information content (AvgIpc) is 3.22. The van der Waals surface area contributed by atoms with Crippen LogP contribution in [0.2, 0.25) is 5.15 Å². The van der Waals surface area contributed by atoms with Gasteiger partial charge in [0, 0.05) is 0 Å². The van der Waals surface area contributed by atoms with E-state index in [0.717, 1.165) is 5.69 Å². The van der Waals surface area contributed by atoms with E-state index in [9.17, 15) is 9.59 Å². The summed E-state index contributed by atoms with van der Waals surface area (Å²) in [5, 5.41) is 4.43. The predicted molar refractivity (Wildman–Crippen MR) is 87.0 cm³/mol. The molecule has 3 aromatic rings. The first-order valence-corrected chi connectivity index (χ1v) is 7.40. The number of aromatic nitrogens is 2. The molecule has 0 bridgehead atoms. The molecule has 0 aliphatic heterocycles. The number of amides is 2. The maximum atomic E-state index is 12.3. The van der Waals surface area contributed by atoms with E-state index >= 15 is 0 Å². The van der Waals surface area contributed by atoms with Gasteiger partial charge in [0.05, 0.1) is 17.6 Å². The van der Waals surface area contributed by atoms with Crippen molar-refractivity contribution in [2.24, 2.45) is 0 Å². The molecule has 0 fully saturated rings. The Morgan fingerprint density at radius 2 is 1.79 bits per heavy atom. The number of benzene rings is 1. The number of nitrogens with one attached hydrogen (secondary N) is 2. The summed E-state index contributed by atoms with van der Waals surface area (Å²) < 4.78 is 6.40. The zero-order chi connectivity index (χ0) is 17.1. The highest BCUT2D eigenvalue weighted by atomic mass is 35.5. The lowest BCUT2D eigenvalue weighted by molar-refractivity contribution is 0.0830. The number of rotatable bonds is 3. The van der Waals surface area contributed by atoms with Crippen molar-refractivity contribution in [1.82, 2.24) is 20.6 Å². The molecule has 0 atom stereocenters. The van der Waals surface area contributed by atoms with Gasteiger partial charge in [-0.3, -0.25) is 20.4 Å². The molecule has 0 unspecified atom stereocenters. The molecule has 2 amide bonds. The smallest absolute Gasteiger partial charge is 0.305 e. The monoisotopic (exact) mass is 344 g/mol. The van der Waals surface area contributed by atoms with Crippen LogP contribution >= 0.6 is 11.6 Å². The van der Waals surface area contributed by atoms with E-state index in [2.05, 4.69) is 16.0 Å². The Balaban J connectivity index is 1.78. The number of halogens is 1. The second-order valence-electron chi connectivity index (χ2n) is 4.88. The quantitative estimate of drug-likeness (QED) is 0.714. The molecule has 0 radical (unpaired) electrons. The zero-order valence-corrected chi connectivity index (χ0v) is 13.4. The molecule has 8 heteroatoms. The van der Waals surface area contributed by atoms with Crippen molar-refractivity contribution >= 4 is 23.4 Å². The summed E-state index contributed by atoms with van der Waals surface area (Å²) in [6.07, 6.45) is 1.36. The summed E-state index contributed by atoms with van der Waals surface area (Å²) in [4.78, 5) is 24.1. The predicted octanol–water partition coefficient (Wildman–Crippen LogP) is 2.50. The summed E-state index contributed by atoms with van der Waals surface area (Å²) >= 11 is 6.28. The van der Waals surface area contributed by atoms with Crippen LogP contribution in [0.15, 0.2) is 53.1 Å². The van der Waals surface area contributed by atoms with Crippen LogP contribution in [0.4, 0.5) is 0 Å². The molecule has 0 aliphatic rings. The number of aryl methyl sites for hydroxylation is 1. The van der Waals surface area contributed by atoms with Crippen LogP contribution < -0.4 is 10.9 Å². The highest BCUT2D eigenvalue weighted by Gasteiger charge is 2.21. The minimum absolute atomic E-state index is 0.0816. The third-order valence-corrected chi connectivity index (χ3v) is 3.62. The number of nitrogens with zero attached hydrogens (tertiary/aromatic N) is 2. The molecule has 0 aliphatic carbocycles. The normalized spacial score (nSPS) is 10.4. The van der Waals surface area contributed by atoms with Crippen LogP contribution in [0.1, 0.15) is 26.6 Å². The Labute approximate surface area is 142 Å². The second-order valence-corrected chi connectivity index (χ2v) is 5.24. The van der Waals surface area contributed by atoms with Crippen LogP contribution in [-0.4, -0.2) is 21.6 Å². The average molecular weight is 345 g/mol. The Morgan fingerprint density at radius 1 is 1.08 bits per heavy atom. The topological polar surface area (TPSA) is 89.2 Å². The lowest BCUT2D eigenvalue weighted by atomic mass is 10.2. The number of hydrazine groups is 1. The van der Waals surface area contributed by atoms with Crippen molar-refractivity contribution in [3.05, 3.63) is 70.9 Å². The summed E-state index contributed by atoms with van der Waals surface area (Å²) in [6, 6.07) is 12.2. The van der Waals surface area contributed by atoms with Crippen LogP contribution in [0, 0.1) is 6.92 Å². The summed E-state index contributed by atoms with van der Waals surface area (Å²) in [6.45, 7) is 1.66. The number of carbonyl (C=O) groups excluding carboxylic acids is 2. The van der Waals surface area contributed by atoms with Gasteiger partial charge >= 0.3 is 5.91 Å². The van der Waals surface area contributed by atoms with E-state index in [1.165, 1.54) is 17.0 Å². The lowest BCUT2D eigenvalue weighted by Gasteiger charge is -2.06. The molecule has 122 valence electrons. The minimum Gasteiger partial charge on any atom is -0.459 e. The number of hydrogen-bond acceptors (Lipinski definition) is 4. The van der Waals surface area contributed by atoms with Crippen molar-refractivity contribution in [2.75, 3.05) is 0 Å². The molecule has 0 saturated carbocycles. The first kappa shape index (κ1) is 15.8. The van der Waals surface area contributed by atoms with Gasteiger partial charge in [-0.15, -0.1) is 0 Å². The van der Waals surface area contributed by atoms with Gasteiger partial charge < -0.3 is 4.42 Å². The van der Waals surface area contributed by atoms with Gasteiger partial charge in [0.25, 0.3) is 5.91 Å². The van der Waals surface area contributed by atoms with Crippen LogP contribution in [0.3, 0.4) is 0 Å². The van der Waals surface area contributed by atoms with Crippen molar-refractivity contribution in [2.45, 2.75) is 6.92 Å². The molecule has 0 spiro atoms. The first-order chi connectivity index (χ1) is 11.6. The molecule has 2 N–H and O–H groups in total. The largest absolute Gasteiger partial charge is 0.459 e. The van der Waals surface area contributed by atoms with Crippen molar-refractivity contribution < 1.29 is 14.0 Å². The van der Waals surface area contributed by atoms with Crippen molar-refractivity contribution in [1.29, 1.82) is 0 Å². The fraction of sp³-hybridized carbons (Fsp3) is 0.0625. The Hall–Kier alpha value is -3.06. The van der Waals surface area contributed by atoms with Gasteiger partial charge in [-0.2, -0.15) is 5.10 Å². The molecule has 3 rings (SSSR count). The minimum atomic E-state index is -0.572. The van der Waals surface area contributed by atoms with Crippen LogP contribution in [0.25, 0.3) is 5.69 Å². The number of hydrogen-bond donors (Lipinski definition) is 2. The van der Waals surface area contributed by atoms with E-state index in [1.54, 1.807) is 13.0 Å². The highest BCUT2D eigenvalue weighted by molar-refractivity contribution is 6.33. The van der Waals surface area contributed by atoms with Gasteiger partial charge in [-0.1, -0.05) is 29.8 Å². The molecule has 0 saturated heterocycles. The third kappa shape index (κ3) is 3.02. The van der Waals surface area contributed by atoms with E-state index in [1.807, 2.05) is 30.3 Å². The number of furan rings is 1. The van der Waals surface area contributed by atoms with Gasteiger partial charge in [0.1, 0.15) is 10.7 Å². The molecular weight excluding hydrogens is 332 g/mol. The Kier molecular flexibility index (Phi) is 4.35. The van der Waals surface area contributed by atoms with Gasteiger partial charge in [-0.05, 0) is 31.2 Å². The van der Waals surface area contributed by atoms with Gasteiger partial charge in [-0.25, -0.2) is 4.68 Å². The fourth-order valence-corrected chi connectivity index (χ4v) is 2.50. The first-order valence-electron chi connectivity index (χ1n) is 7.02. The molecule has 7 nitrogen and oxygen atoms in total. The number of para-hydroxylation sites is 1. The van der Waals surface area contributed by atoms with E-state index in [4.69, 9.17) is 16.0 Å². The lowest BCUT2D eigenvalue weighted by Crippen LogP contribution is -2.41. The number of carbonyl (C=O) groups is 2. The molecule has 2 aromatic heterocycles. The summed E-state index contributed by atoms with van der Waals surface area (Å²) in [7, 11) is 0. The maximum absolute atomic E-state index is 12.3. The zero-order valence-electron chi connectivity index (χ0n) is 12.6. The van der Waals surface area contributed by atoms with E-state index in [0.29, 0.717) is 5.69 Å². The molecule has 24 heavy (non-hydrogen) atoms. The van der Waals surface area contributed by atoms with Crippen LogP contribution in [-0.2, 0) is 0 Å². The Morgan fingerprint density at radius 3 is 2.46 bits per heavy atom. The fourth-order valence-electron chi connectivity index (χ4n) is 2.14. The van der Waals surface area contributed by atoms with Crippen molar-refractivity contribution in [3.63, 3.8) is 0 Å². The van der Waals surface area contributed by atoms with Crippen LogP contribution in [0.5, 0.6) is 0 Å². The van der Waals surface area contributed by atoms with E-state index < -0.39 is 11.8 Å². The standard InChI is InChI=1S/C16H13ClN4O3/c1-10-13(14(17)21(20-10)11-6-3-2-4-7-11)16(23)19-18-15(22)12-8-5-9-24-12/h2-9H,1H3,(H,18,22)(H,19,23). The summed E-state index contributed by atoms with van der Waals surface area (Å²) in [5.74, 6) is -1.06. The summed E-state index contributed by atoms with van der Waals surface area (Å²) in [5.41, 5.74) is 5.90. The van der Waals surface area contributed by atoms with E-state index in [-0.39, 0.29) is 16.5 Å². The Bertz CT molecular complexity index is 872. The molecule has 2 heterocycles. The molecular formula is C16H13ClN4O3. The molecule has 1 aromatic carbocycles.